The highest BCUT2D eigenvalue weighted by molar-refractivity contribution is 6.12. The Labute approximate surface area is 165 Å². The fourth-order valence-corrected chi connectivity index (χ4v) is 4.82. The zero-order chi connectivity index (χ0) is 20.9. The summed E-state index contributed by atoms with van der Waals surface area (Å²) in [6.07, 6.45) is -1.31. The molecule has 0 aromatic rings. The van der Waals surface area contributed by atoms with Crippen molar-refractivity contribution in [1.82, 2.24) is 9.91 Å². The normalized spacial score (nSPS) is 39.9. The first-order valence-electron chi connectivity index (χ1n) is 9.85. The summed E-state index contributed by atoms with van der Waals surface area (Å²) in [6, 6.07) is -0.645. The summed E-state index contributed by atoms with van der Waals surface area (Å²) < 4.78 is 51.3. The van der Waals surface area contributed by atoms with Crippen LogP contribution in [0.15, 0.2) is 22.2 Å². The van der Waals surface area contributed by atoms with Crippen LogP contribution in [0.5, 0.6) is 0 Å². The van der Waals surface area contributed by atoms with E-state index >= 15 is 0 Å². The molecule has 29 heavy (non-hydrogen) atoms. The molecule has 0 saturated carbocycles. The molecule has 0 aromatic carbocycles. The Morgan fingerprint density at radius 2 is 2.03 bits per heavy atom. The lowest BCUT2D eigenvalue weighted by Crippen LogP contribution is -2.43. The van der Waals surface area contributed by atoms with Crippen LogP contribution in [-0.2, 0) is 4.79 Å². The largest absolute Gasteiger partial charge is 0.407 e. The molecule has 1 aliphatic carbocycles. The molecule has 0 aromatic heterocycles. The molecule has 4 rings (SSSR count). The molecule has 1 fully saturated rings. The first-order chi connectivity index (χ1) is 13.6. The molecular weight excluding hydrogens is 392 g/mol. The van der Waals surface area contributed by atoms with Crippen LogP contribution in [0.3, 0.4) is 0 Å². The Bertz CT molecular complexity index is 753. The van der Waals surface area contributed by atoms with Gasteiger partial charge in [-0.15, -0.1) is 0 Å². The third kappa shape index (κ3) is 4.04. The zero-order valence-electron chi connectivity index (χ0n) is 16.0. The van der Waals surface area contributed by atoms with Crippen LogP contribution in [0, 0.1) is 17.8 Å². The van der Waals surface area contributed by atoms with Crippen molar-refractivity contribution in [3.8, 4) is 0 Å². The minimum Gasteiger partial charge on any atom is -0.390 e. The number of likely N-dealkylation sites (tertiary alicyclic amines) is 1. The highest BCUT2D eigenvalue weighted by Crippen LogP contribution is 2.38. The molecule has 1 saturated heterocycles. The van der Waals surface area contributed by atoms with E-state index in [0.29, 0.717) is 6.42 Å². The van der Waals surface area contributed by atoms with Crippen LogP contribution in [0.4, 0.5) is 17.6 Å². The number of aliphatic hydroxyl groups is 1. The second kappa shape index (κ2) is 7.37. The molecule has 10 heteroatoms. The van der Waals surface area contributed by atoms with Gasteiger partial charge >= 0.3 is 6.18 Å². The highest BCUT2D eigenvalue weighted by Gasteiger charge is 2.48. The van der Waals surface area contributed by atoms with Gasteiger partial charge in [0.1, 0.15) is 12.7 Å². The monoisotopic (exact) mass is 416 g/mol. The molecule has 7 unspecified atom stereocenters. The topological polar surface area (TPSA) is 68.5 Å². The predicted molar refractivity (Wildman–Crippen MR) is 98.3 cm³/mol. The number of aliphatic hydroxyl groups excluding tert-OH is 1. The van der Waals surface area contributed by atoms with Gasteiger partial charge in [-0.05, 0) is 18.8 Å². The molecule has 160 valence electrons. The van der Waals surface area contributed by atoms with Crippen molar-refractivity contribution >= 4 is 17.8 Å². The summed E-state index contributed by atoms with van der Waals surface area (Å²) in [6.45, 7) is 1.11. The van der Waals surface area contributed by atoms with E-state index in [1.165, 1.54) is 12.3 Å². The second-order valence-corrected chi connectivity index (χ2v) is 8.44. The lowest BCUT2D eigenvalue weighted by atomic mass is 9.77. The number of nitrogens with zero attached hydrogens (tertiary/aromatic N) is 4. The smallest absolute Gasteiger partial charge is 0.390 e. The molecule has 1 amide bonds. The van der Waals surface area contributed by atoms with Gasteiger partial charge in [-0.2, -0.15) is 18.3 Å². The number of carbonyl (C=O) groups excluding carboxylic acids is 1. The quantitative estimate of drug-likeness (QED) is 0.564. The Morgan fingerprint density at radius 3 is 2.72 bits per heavy atom. The van der Waals surface area contributed by atoms with Crippen molar-refractivity contribution < 1.29 is 27.5 Å². The number of hydrogen-bond donors (Lipinski definition) is 1. The number of amides is 1. The molecule has 0 radical (unpaired) electrons. The van der Waals surface area contributed by atoms with Gasteiger partial charge in [-0.25, -0.2) is 4.39 Å². The SMILES string of the molecule is CC1CC(C2C=CC(F)C(O)C2)N=C2CN(C3C=NN(CC(F)(F)F)C3)C(=O)C21. The van der Waals surface area contributed by atoms with Crippen LogP contribution in [0.1, 0.15) is 19.8 Å². The average Bonchev–Trinajstić information content (AvgIpc) is 3.20. The highest BCUT2D eigenvalue weighted by atomic mass is 19.4. The third-order valence-corrected chi connectivity index (χ3v) is 6.23. The summed E-state index contributed by atoms with van der Waals surface area (Å²) in [5, 5.41) is 14.6. The summed E-state index contributed by atoms with van der Waals surface area (Å²) in [4.78, 5) is 19.3. The van der Waals surface area contributed by atoms with E-state index in [2.05, 4.69) is 5.10 Å². The zero-order valence-corrected chi connectivity index (χ0v) is 16.0. The average molecular weight is 416 g/mol. The van der Waals surface area contributed by atoms with Gasteiger partial charge in [-0.1, -0.05) is 19.1 Å². The summed E-state index contributed by atoms with van der Waals surface area (Å²) >= 11 is 0. The third-order valence-electron chi connectivity index (χ3n) is 6.23. The maximum absolute atomic E-state index is 13.5. The lowest BCUT2D eigenvalue weighted by molar-refractivity contribution is -0.146. The second-order valence-electron chi connectivity index (χ2n) is 8.44. The Kier molecular flexibility index (Phi) is 5.16. The maximum atomic E-state index is 13.5. The number of rotatable bonds is 3. The first-order valence-corrected chi connectivity index (χ1v) is 9.85. The van der Waals surface area contributed by atoms with Crippen LogP contribution < -0.4 is 0 Å². The molecule has 0 spiro atoms. The molecule has 1 N–H and O–H groups in total. The van der Waals surface area contributed by atoms with E-state index < -0.39 is 31.0 Å². The van der Waals surface area contributed by atoms with Gasteiger partial charge in [0.25, 0.3) is 0 Å². The van der Waals surface area contributed by atoms with E-state index in [1.54, 1.807) is 11.0 Å². The van der Waals surface area contributed by atoms with Crippen molar-refractivity contribution in [2.24, 2.45) is 27.8 Å². The molecule has 3 aliphatic heterocycles. The van der Waals surface area contributed by atoms with Crippen LogP contribution in [0.2, 0.25) is 0 Å². The molecule has 4 aliphatic rings. The van der Waals surface area contributed by atoms with Crippen molar-refractivity contribution in [2.75, 3.05) is 19.6 Å². The van der Waals surface area contributed by atoms with Crippen LogP contribution in [-0.4, -0.2) is 83.0 Å². The minimum absolute atomic E-state index is 0.0124. The summed E-state index contributed by atoms with van der Waals surface area (Å²) in [5.74, 6) is -0.568. The van der Waals surface area contributed by atoms with Crippen molar-refractivity contribution in [2.45, 2.75) is 50.3 Å². The molecule has 6 nitrogen and oxygen atoms in total. The fourth-order valence-electron chi connectivity index (χ4n) is 4.82. The molecule has 7 atom stereocenters. The van der Waals surface area contributed by atoms with Crippen molar-refractivity contribution in [3.63, 3.8) is 0 Å². The Balaban J connectivity index is 1.46. The van der Waals surface area contributed by atoms with E-state index in [4.69, 9.17) is 4.99 Å². The van der Waals surface area contributed by atoms with E-state index in [0.717, 1.165) is 10.7 Å². The molecule has 0 bridgehead atoms. The number of halogens is 4. The lowest BCUT2D eigenvalue weighted by Gasteiger charge is -2.34. The summed E-state index contributed by atoms with van der Waals surface area (Å²) in [5.41, 5.74) is 0.728. The van der Waals surface area contributed by atoms with Crippen molar-refractivity contribution in [1.29, 1.82) is 0 Å². The van der Waals surface area contributed by atoms with Gasteiger partial charge in [-0.3, -0.25) is 14.8 Å². The number of aliphatic imine (C=N–C) groups is 1. The first kappa shape index (κ1) is 20.3. The maximum Gasteiger partial charge on any atom is 0.407 e. The van der Waals surface area contributed by atoms with Gasteiger partial charge < -0.3 is 10.0 Å². The minimum atomic E-state index is -4.35. The van der Waals surface area contributed by atoms with E-state index in [9.17, 15) is 27.5 Å². The van der Waals surface area contributed by atoms with Crippen LogP contribution >= 0.6 is 0 Å². The predicted octanol–water partition coefficient (Wildman–Crippen LogP) is 1.80. The van der Waals surface area contributed by atoms with Gasteiger partial charge in [0, 0.05) is 17.8 Å². The number of fused-ring (bicyclic) bond motifs is 1. The Morgan fingerprint density at radius 1 is 1.28 bits per heavy atom. The molecule has 3 heterocycles. The number of hydrogen-bond acceptors (Lipinski definition) is 5. The van der Waals surface area contributed by atoms with E-state index in [1.807, 2.05) is 6.92 Å². The van der Waals surface area contributed by atoms with Gasteiger partial charge in [0.2, 0.25) is 5.91 Å². The van der Waals surface area contributed by atoms with E-state index in [-0.39, 0.29) is 49.2 Å². The fraction of sp³-hybridized carbons (Fsp3) is 0.737. The summed E-state index contributed by atoms with van der Waals surface area (Å²) in [7, 11) is 0. The van der Waals surface area contributed by atoms with Gasteiger partial charge in [0.05, 0.1) is 37.2 Å². The van der Waals surface area contributed by atoms with Gasteiger partial charge in [0.15, 0.2) is 0 Å². The standard InChI is InChI=1S/C19H24F4N4O2/c1-10-4-14(11-2-3-13(20)16(28)5-11)25-15-8-27(18(29)17(10)15)12-6-24-26(7-12)9-19(21,22)23/h2-3,6,10-14,16-17,28H,4-5,7-9H2,1H3. The number of hydrazone groups is 1. The van der Waals surface area contributed by atoms with Crippen LogP contribution in [0.25, 0.3) is 0 Å². The number of alkyl halides is 4. The van der Waals surface area contributed by atoms with Crippen molar-refractivity contribution in [3.05, 3.63) is 12.2 Å². The number of carbonyl (C=O) groups is 1. The molecular formula is C19H24F4N4O2. The Hall–Kier alpha value is -1.97.